The first-order valence-corrected chi connectivity index (χ1v) is 12.8. The fraction of sp³-hybridized carbons (Fsp3) is 0.333. The predicted molar refractivity (Wildman–Crippen MR) is 147 cm³/mol. The van der Waals surface area contributed by atoms with Gasteiger partial charge < -0.3 is 34.7 Å². The summed E-state index contributed by atoms with van der Waals surface area (Å²) >= 11 is 6.75. The minimum atomic E-state index is -1.58. The predicted octanol–water partition coefficient (Wildman–Crippen LogP) is 3.50. The van der Waals surface area contributed by atoms with Gasteiger partial charge in [-0.3, -0.25) is 9.59 Å². The number of nitrogens with zero attached hydrogens (tertiary/aromatic N) is 3. The Morgan fingerprint density at radius 3 is 2.59 bits per heavy atom. The number of esters is 1. The molecule has 2 aliphatic rings. The zero-order valence-corrected chi connectivity index (χ0v) is 22.9. The van der Waals surface area contributed by atoms with Crippen LogP contribution in [-0.4, -0.2) is 72.0 Å². The Hall–Kier alpha value is -4.39. The van der Waals surface area contributed by atoms with Crippen LogP contribution in [0.1, 0.15) is 23.7 Å². The normalized spacial score (nSPS) is 17.1. The molecular formula is C27H27ClF2N4O7. The summed E-state index contributed by atoms with van der Waals surface area (Å²) in [6, 6.07) is 0.554. The number of aromatic carboxylic acids is 1. The van der Waals surface area contributed by atoms with E-state index in [-0.39, 0.29) is 71.8 Å². The van der Waals surface area contributed by atoms with Gasteiger partial charge in [0, 0.05) is 51.3 Å². The number of allylic oxidation sites excluding steroid dienone is 2. The third-order valence-corrected chi connectivity index (χ3v) is 7.31. The molecule has 1 unspecified atom stereocenters. The fourth-order valence-corrected chi connectivity index (χ4v) is 5.14. The molecule has 3 N–H and O–H groups in total. The Labute approximate surface area is 237 Å². The van der Waals surface area contributed by atoms with Crippen molar-refractivity contribution in [3.8, 4) is 0 Å². The van der Waals surface area contributed by atoms with Crippen molar-refractivity contribution >= 4 is 51.9 Å². The topological polar surface area (TPSA) is 144 Å². The van der Waals surface area contributed by atoms with Gasteiger partial charge in [0.2, 0.25) is 5.43 Å². The second kappa shape index (κ2) is 11.6. The molecule has 14 heteroatoms. The molecule has 1 atom stereocenters. The lowest BCUT2D eigenvalue weighted by Gasteiger charge is -2.45. The second-order valence-electron chi connectivity index (χ2n) is 9.63. The number of likely N-dealkylation sites (N-methyl/N-ethyl adjacent to an activating group) is 1. The number of rotatable bonds is 8. The lowest BCUT2D eigenvalue weighted by atomic mass is 9.94. The summed E-state index contributed by atoms with van der Waals surface area (Å²) < 4.78 is 41.4. The number of fused-ring (bicyclic) bond motifs is 1. The van der Waals surface area contributed by atoms with Gasteiger partial charge in [0.1, 0.15) is 23.8 Å². The summed E-state index contributed by atoms with van der Waals surface area (Å²) in [7, 11) is 1.53. The van der Waals surface area contributed by atoms with Crippen molar-refractivity contribution in [1.82, 2.24) is 9.47 Å². The van der Waals surface area contributed by atoms with Gasteiger partial charge in [0.05, 0.1) is 40.0 Å². The Morgan fingerprint density at radius 1 is 1.29 bits per heavy atom. The Balaban J connectivity index is 1.85. The van der Waals surface area contributed by atoms with E-state index in [2.05, 4.69) is 6.58 Å². The van der Waals surface area contributed by atoms with Gasteiger partial charge in [-0.1, -0.05) is 24.3 Å². The van der Waals surface area contributed by atoms with Gasteiger partial charge in [0.15, 0.2) is 0 Å². The van der Waals surface area contributed by atoms with Crippen LogP contribution in [0.3, 0.4) is 0 Å². The quantitative estimate of drug-likeness (QED) is 0.347. The van der Waals surface area contributed by atoms with Gasteiger partial charge in [-0.25, -0.2) is 18.4 Å². The number of amides is 1. The largest absolute Gasteiger partial charge is 0.477 e. The van der Waals surface area contributed by atoms with Crippen molar-refractivity contribution in [2.45, 2.75) is 19.4 Å². The van der Waals surface area contributed by atoms with Crippen LogP contribution in [0.25, 0.3) is 16.6 Å². The average molecular weight is 593 g/mol. The zero-order chi connectivity index (χ0) is 30.2. The van der Waals surface area contributed by atoms with Crippen molar-refractivity contribution in [3.05, 3.63) is 69.1 Å². The molecule has 2 aromatic rings. The number of nitrogens with two attached hydrogens (primary N) is 1. The summed E-state index contributed by atoms with van der Waals surface area (Å²) in [6.45, 7) is 4.76. The highest BCUT2D eigenvalue weighted by atomic mass is 35.5. The number of pyridine rings is 1. The number of benzene rings is 1. The maximum atomic E-state index is 15.5. The van der Waals surface area contributed by atoms with Gasteiger partial charge in [-0.15, -0.1) is 0 Å². The molecule has 1 amide bonds. The van der Waals surface area contributed by atoms with E-state index >= 15 is 4.39 Å². The minimum Gasteiger partial charge on any atom is -0.477 e. The third-order valence-electron chi connectivity index (χ3n) is 6.95. The molecule has 1 aliphatic heterocycles. The van der Waals surface area contributed by atoms with Crippen molar-refractivity contribution < 1.29 is 37.7 Å². The van der Waals surface area contributed by atoms with Crippen LogP contribution < -0.4 is 16.1 Å². The molecule has 0 radical (unpaired) electrons. The van der Waals surface area contributed by atoms with Gasteiger partial charge >= 0.3 is 18.0 Å². The lowest BCUT2D eigenvalue weighted by Crippen LogP contribution is -2.60. The van der Waals surface area contributed by atoms with E-state index in [1.165, 1.54) is 35.6 Å². The van der Waals surface area contributed by atoms with E-state index in [1.54, 1.807) is 4.90 Å². The number of carbonyl (C=O) groups excluding carboxylic acids is 2. The monoisotopic (exact) mass is 592 g/mol. The molecule has 1 aliphatic carbocycles. The summed E-state index contributed by atoms with van der Waals surface area (Å²) in [5, 5.41) is 9.16. The van der Waals surface area contributed by atoms with Crippen LogP contribution in [0, 0.1) is 11.7 Å². The average Bonchev–Trinajstić information content (AvgIpc) is 2.88. The SMILES string of the molecule is C=CCOC(=O)N(C)C1CN(c2c(F)cc3c(=O)c(C(=O)O)cn(C4=CC(N)=C(F)CC4COC(C)=O)c3c2Cl)C1. The van der Waals surface area contributed by atoms with Gasteiger partial charge in [0.25, 0.3) is 0 Å². The molecule has 41 heavy (non-hydrogen) atoms. The first kappa shape index (κ1) is 29.6. The number of aromatic nitrogens is 1. The zero-order valence-electron chi connectivity index (χ0n) is 22.2. The molecule has 11 nitrogen and oxygen atoms in total. The number of carboxylic acids is 1. The number of halogens is 3. The van der Waals surface area contributed by atoms with Crippen LogP contribution in [0.4, 0.5) is 19.3 Å². The van der Waals surface area contributed by atoms with Crippen LogP contribution >= 0.6 is 11.6 Å². The van der Waals surface area contributed by atoms with E-state index in [4.69, 9.17) is 26.8 Å². The summed E-state index contributed by atoms with van der Waals surface area (Å²) in [5.74, 6) is -4.60. The highest BCUT2D eigenvalue weighted by molar-refractivity contribution is 6.38. The molecule has 0 bridgehead atoms. The highest BCUT2D eigenvalue weighted by Crippen LogP contribution is 2.41. The van der Waals surface area contributed by atoms with Crippen LogP contribution in [-0.2, 0) is 14.3 Å². The summed E-state index contributed by atoms with van der Waals surface area (Å²) in [4.78, 5) is 51.7. The molecule has 1 aromatic carbocycles. The smallest absolute Gasteiger partial charge is 0.410 e. The maximum Gasteiger partial charge on any atom is 0.410 e. The Kier molecular flexibility index (Phi) is 8.38. The van der Waals surface area contributed by atoms with E-state index in [1.807, 2.05) is 0 Å². The molecule has 1 fully saturated rings. The van der Waals surface area contributed by atoms with Crippen LogP contribution in [0.2, 0.25) is 5.02 Å². The summed E-state index contributed by atoms with van der Waals surface area (Å²) in [5.41, 5.74) is 3.98. The third kappa shape index (κ3) is 5.62. The fourth-order valence-electron chi connectivity index (χ4n) is 4.74. The number of carboxylic acid groups (broad SMARTS) is 1. The molecule has 1 saturated heterocycles. The summed E-state index contributed by atoms with van der Waals surface area (Å²) in [6.07, 6.45) is 2.79. The number of ether oxygens (including phenoxy) is 2. The van der Waals surface area contributed by atoms with E-state index < -0.39 is 46.6 Å². The number of carbonyl (C=O) groups is 3. The van der Waals surface area contributed by atoms with E-state index in [0.717, 1.165) is 12.3 Å². The molecule has 2 heterocycles. The first-order valence-electron chi connectivity index (χ1n) is 12.4. The number of anilines is 1. The van der Waals surface area contributed by atoms with Crippen molar-refractivity contribution in [2.24, 2.45) is 11.7 Å². The second-order valence-corrected chi connectivity index (χ2v) is 10.0. The molecule has 0 saturated carbocycles. The molecule has 0 spiro atoms. The van der Waals surface area contributed by atoms with Crippen molar-refractivity contribution in [1.29, 1.82) is 0 Å². The van der Waals surface area contributed by atoms with Crippen molar-refractivity contribution in [2.75, 3.05) is 38.3 Å². The van der Waals surface area contributed by atoms with Gasteiger partial charge in [-0.2, -0.15) is 0 Å². The molecule has 218 valence electrons. The Morgan fingerprint density at radius 2 is 1.98 bits per heavy atom. The number of hydrogen-bond acceptors (Lipinski definition) is 8. The molecule has 4 rings (SSSR count). The molecular weight excluding hydrogens is 566 g/mol. The van der Waals surface area contributed by atoms with Crippen LogP contribution in [0.15, 0.2) is 47.3 Å². The highest BCUT2D eigenvalue weighted by Gasteiger charge is 2.37. The van der Waals surface area contributed by atoms with Crippen LogP contribution in [0.5, 0.6) is 0 Å². The van der Waals surface area contributed by atoms with E-state index in [9.17, 15) is 28.7 Å². The molecule has 1 aromatic heterocycles. The standard InChI is InChI=1S/C27H27ClF2N4O7/c1-4-5-40-27(39)32(3)15-9-33(10-15)24-19(30)7-16-23(22(24)28)34(11-17(25(16)36)26(37)38)21-8-20(31)18(29)6-14(21)12-41-13(2)35/h4,7-8,11,14-15H,1,5-6,9-10,12,31H2,2-3H3,(H,37,38). The van der Waals surface area contributed by atoms with Gasteiger partial charge in [-0.05, 0) is 12.1 Å². The first-order chi connectivity index (χ1) is 19.3. The maximum absolute atomic E-state index is 15.5. The minimum absolute atomic E-state index is 0.0263. The Bertz CT molecular complexity index is 1580. The van der Waals surface area contributed by atoms with E-state index in [0.29, 0.717) is 0 Å². The number of hydrogen-bond donors (Lipinski definition) is 2. The lowest BCUT2D eigenvalue weighted by molar-refractivity contribution is -0.141. The van der Waals surface area contributed by atoms with Crippen molar-refractivity contribution in [3.63, 3.8) is 0 Å².